The van der Waals surface area contributed by atoms with Crippen molar-refractivity contribution in [2.24, 2.45) is 0 Å². The molecular weight excluding hydrogens is 351 g/mol. The van der Waals surface area contributed by atoms with Crippen LogP contribution in [0, 0.1) is 17.7 Å². The Hall–Kier alpha value is -3.73. The minimum atomic E-state index is -1.01. The molecule has 0 aliphatic carbocycles. The van der Waals surface area contributed by atoms with Crippen LogP contribution in [0.3, 0.4) is 0 Å². The molecule has 0 spiro atoms. The summed E-state index contributed by atoms with van der Waals surface area (Å²) in [6.45, 7) is 0.453. The van der Waals surface area contributed by atoms with Crippen molar-refractivity contribution in [2.45, 2.75) is 12.5 Å². The van der Waals surface area contributed by atoms with Gasteiger partial charge in [-0.1, -0.05) is 23.1 Å². The number of pyridine rings is 1. The van der Waals surface area contributed by atoms with Crippen LogP contribution in [0.5, 0.6) is 0 Å². The molecule has 1 saturated heterocycles. The summed E-state index contributed by atoms with van der Waals surface area (Å²) in [4.78, 5) is 20.8. The predicted molar refractivity (Wildman–Crippen MR) is 92.0 cm³/mol. The van der Waals surface area contributed by atoms with Crippen molar-refractivity contribution in [3.8, 4) is 23.4 Å². The molecule has 3 heterocycles. The number of likely N-dealkylation sites (tertiary alicyclic amines) is 1. The second kappa shape index (κ2) is 6.88. The molecule has 2 aromatic heterocycles. The number of halogens is 1. The molecular formula is C19H13FN4O3. The molecule has 1 N–H and O–H groups in total. The van der Waals surface area contributed by atoms with E-state index in [4.69, 9.17) is 9.63 Å². The van der Waals surface area contributed by atoms with Crippen molar-refractivity contribution in [3.63, 3.8) is 0 Å². The fourth-order valence-corrected chi connectivity index (χ4v) is 2.66. The molecule has 27 heavy (non-hydrogen) atoms. The maximum absolute atomic E-state index is 13.2. The molecule has 0 saturated carbocycles. The first-order valence-corrected chi connectivity index (χ1v) is 8.17. The first-order valence-electron chi connectivity index (χ1n) is 8.17. The average molecular weight is 364 g/mol. The topological polar surface area (TPSA) is 92.3 Å². The van der Waals surface area contributed by atoms with E-state index in [1.54, 1.807) is 30.5 Å². The number of amides is 1. The summed E-state index contributed by atoms with van der Waals surface area (Å²) in [7, 11) is 0. The highest BCUT2D eigenvalue weighted by Crippen LogP contribution is 2.32. The van der Waals surface area contributed by atoms with Gasteiger partial charge in [0, 0.05) is 23.9 Å². The van der Waals surface area contributed by atoms with Crippen LogP contribution in [0.4, 0.5) is 9.18 Å². The van der Waals surface area contributed by atoms with Crippen molar-refractivity contribution in [1.29, 1.82) is 0 Å². The standard InChI is InChI=1S/C19H13FN4O3/c20-14-3-1-2-12(10-14)4-5-13-6-7-15(21-11-13)17-22-18(27-23-17)16-8-9-24(16)19(25)26/h1-3,6-7,10-11,16H,8-9H2,(H,25,26). The van der Waals surface area contributed by atoms with Crippen LogP contribution in [-0.4, -0.2) is 37.8 Å². The molecule has 7 nitrogen and oxygen atoms in total. The number of carboxylic acid groups (broad SMARTS) is 1. The Morgan fingerprint density at radius 2 is 2.11 bits per heavy atom. The van der Waals surface area contributed by atoms with Crippen molar-refractivity contribution >= 4 is 6.09 Å². The lowest BCUT2D eigenvalue weighted by molar-refractivity contribution is 0.0591. The summed E-state index contributed by atoms with van der Waals surface area (Å²) in [5.41, 5.74) is 1.72. The second-order valence-corrected chi connectivity index (χ2v) is 5.93. The Bertz CT molecular complexity index is 1050. The van der Waals surface area contributed by atoms with E-state index in [2.05, 4.69) is 27.0 Å². The molecule has 134 valence electrons. The third-order valence-electron chi connectivity index (χ3n) is 4.16. The highest BCUT2D eigenvalue weighted by atomic mass is 19.1. The van der Waals surface area contributed by atoms with Gasteiger partial charge in [-0.2, -0.15) is 4.98 Å². The molecule has 1 fully saturated rings. The quantitative estimate of drug-likeness (QED) is 0.703. The minimum absolute atomic E-state index is 0.260. The molecule has 0 bridgehead atoms. The first-order chi connectivity index (χ1) is 13.1. The van der Waals surface area contributed by atoms with E-state index in [1.165, 1.54) is 17.0 Å². The number of hydrogen-bond acceptors (Lipinski definition) is 5. The van der Waals surface area contributed by atoms with E-state index in [0.29, 0.717) is 29.8 Å². The van der Waals surface area contributed by atoms with Gasteiger partial charge in [0.05, 0.1) is 0 Å². The summed E-state index contributed by atoms with van der Waals surface area (Å²) in [6, 6.07) is 9.08. The van der Waals surface area contributed by atoms with Gasteiger partial charge in [0.25, 0.3) is 0 Å². The van der Waals surface area contributed by atoms with Crippen molar-refractivity contribution in [1.82, 2.24) is 20.0 Å². The fourth-order valence-electron chi connectivity index (χ4n) is 2.66. The molecule has 1 aliphatic rings. The van der Waals surface area contributed by atoms with Gasteiger partial charge in [-0.25, -0.2) is 9.18 Å². The SMILES string of the molecule is O=C(O)N1CCC1c1nc(-c2ccc(C#Cc3cccc(F)c3)cn2)no1. The maximum atomic E-state index is 13.2. The first kappa shape index (κ1) is 16.7. The Balaban J connectivity index is 1.49. The van der Waals surface area contributed by atoms with E-state index in [-0.39, 0.29) is 17.5 Å². The maximum Gasteiger partial charge on any atom is 0.407 e. The van der Waals surface area contributed by atoms with E-state index < -0.39 is 12.1 Å². The van der Waals surface area contributed by atoms with Crippen LogP contribution < -0.4 is 0 Å². The molecule has 1 unspecified atom stereocenters. The summed E-state index contributed by atoms with van der Waals surface area (Å²) in [6.07, 6.45) is 1.20. The number of aromatic nitrogens is 3. The van der Waals surface area contributed by atoms with E-state index >= 15 is 0 Å². The number of rotatable bonds is 2. The Kier molecular flexibility index (Phi) is 4.26. The van der Waals surface area contributed by atoms with Crippen molar-refractivity contribution < 1.29 is 18.8 Å². The Labute approximate surface area is 153 Å². The van der Waals surface area contributed by atoms with Gasteiger partial charge in [0.1, 0.15) is 17.6 Å². The zero-order chi connectivity index (χ0) is 18.8. The largest absolute Gasteiger partial charge is 0.465 e. The number of benzene rings is 1. The third-order valence-corrected chi connectivity index (χ3v) is 4.16. The van der Waals surface area contributed by atoms with Gasteiger partial charge in [-0.3, -0.25) is 9.88 Å². The average Bonchev–Trinajstić information content (AvgIpc) is 3.08. The normalized spacial score (nSPS) is 15.6. The van der Waals surface area contributed by atoms with Gasteiger partial charge in [0.15, 0.2) is 0 Å². The van der Waals surface area contributed by atoms with E-state index in [9.17, 15) is 9.18 Å². The minimum Gasteiger partial charge on any atom is -0.465 e. The van der Waals surface area contributed by atoms with Gasteiger partial charge < -0.3 is 9.63 Å². The van der Waals surface area contributed by atoms with Crippen LogP contribution in [-0.2, 0) is 0 Å². The third kappa shape index (κ3) is 3.48. The van der Waals surface area contributed by atoms with Crippen LogP contribution >= 0.6 is 0 Å². The zero-order valence-electron chi connectivity index (χ0n) is 14.0. The lowest BCUT2D eigenvalue weighted by Crippen LogP contribution is -2.44. The molecule has 4 rings (SSSR count). The molecule has 1 atom stereocenters. The Morgan fingerprint density at radius 1 is 1.26 bits per heavy atom. The van der Waals surface area contributed by atoms with Gasteiger partial charge in [-0.05, 0) is 36.8 Å². The van der Waals surface area contributed by atoms with E-state index in [0.717, 1.165) is 0 Å². The molecule has 1 aromatic carbocycles. The van der Waals surface area contributed by atoms with Crippen molar-refractivity contribution in [3.05, 3.63) is 65.4 Å². The van der Waals surface area contributed by atoms with Crippen LogP contribution in [0.15, 0.2) is 47.1 Å². The highest BCUT2D eigenvalue weighted by molar-refractivity contribution is 5.66. The van der Waals surface area contributed by atoms with Gasteiger partial charge in [-0.15, -0.1) is 0 Å². The number of hydrogen-bond donors (Lipinski definition) is 1. The smallest absolute Gasteiger partial charge is 0.407 e. The lowest BCUT2D eigenvalue weighted by atomic mass is 10.0. The monoisotopic (exact) mass is 364 g/mol. The van der Waals surface area contributed by atoms with Crippen LogP contribution in [0.25, 0.3) is 11.5 Å². The summed E-state index contributed by atoms with van der Waals surface area (Å²) < 4.78 is 18.3. The molecule has 8 heteroatoms. The summed E-state index contributed by atoms with van der Waals surface area (Å²) >= 11 is 0. The van der Waals surface area contributed by atoms with Crippen LogP contribution in [0.2, 0.25) is 0 Å². The molecule has 1 aliphatic heterocycles. The summed E-state index contributed by atoms with van der Waals surface area (Å²) in [5, 5.41) is 12.9. The van der Waals surface area contributed by atoms with Crippen LogP contribution in [0.1, 0.15) is 29.5 Å². The molecule has 3 aromatic rings. The fraction of sp³-hybridized carbons (Fsp3) is 0.158. The number of carbonyl (C=O) groups is 1. The molecule has 1 amide bonds. The van der Waals surface area contributed by atoms with E-state index in [1.807, 2.05) is 0 Å². The Morgan fingerprint density at radius 3 is 2.78 bits per heavy atom. The van der Waals surface area contributed by atoms with Gasteiger partial charge in [0.2, 0.25) is 11.7 Å². The molecule has 0 radical (unpaired) electrons. The summed E-state index contributed by atoms with van der Waals surface area (Å²) in [5.74, 6) is 5.99. The second-order valence-electron chi connectivity index (χ2n) is 5.93. The highest BCUT2D eigenvalue weighted by Gasteiger charge is 2.37. The van der Waals surface area contributed by atoms with Crippen molar-refractivity contribution in [2.75, 3.05) is 6.54 Å². The lowest BCUT2D eigenvalue weighted by Gasteiger charge is -2.35. The zero-order valence-corrected chi connectivity index (χ0v) is 14.0. The number of nitrogens with zero attached hydrogens (tertiary/aromatic N) is 4. The predicted octanol–water partition coefficient (Wildman–Crippen LogP) is 3.10. The van der Waals surface area contributed by atoms with Gasteiger partial charge >= 0.3 is 6.09 Å².